The van der Waals surface area contributed by atoms with Crippen LogP contribution in [0.3, 0.4) is 0 Å². The number of esters is 1. The molecule has 0 radical (unpaired) electrons. The predicted molar refractivity (Wildman–Crippen MR) is 145 cm³/mol. The largest absolute Gasteiger partial charge is 0.468 e. The van der Waals surface area contributed by atoms with Crippen LogP contribution in [0.5, 0.6) is 0 Å². The maximum Gasteiger partial charge on any atom is 0.318 e. The third-order valence-corrected chi connectivity index (χ3v) is 8.81. The molecule has 37 heavy (non-hydrogen) atoms. The lowest BCUT2D eigenvalue weighted by Gasteiger charge is -2.28. The molecule has 1 aliphatic heterocycles. The Hall–Kier alpha value is -2.72. The third-order valence-electron chi connectivity index (χ3n) is 6.58. The van der Waals surface area contributed by atoms with Gasteiger partial charge >= 0.3 is 5.97 Å². The quantitative estimate of drug-likeness (QED) is 0.371. The van der Waals surface area contributed by atoms with Crippen molar-refractivity contribution >= 4 is 49.4 Å². The molecule has 4 rings (SSSR count). The number of sulfonamides is 1. The van der Waals surface area contributed by atoms with Gasteiger partial charge in [0, 0.05) is 29.0 Å². The first-order chi connectivity index (χ1) is 17.6. The number of methoxy groups -OCH3 is 1. The summed E-state index contributed by atoms with van der Waals surface area (Å²) in [5.74, 6) is -0.698. The molecule has 0 spiro atoms. The number of nitrogens with zero attached hydrogens (tertiary/aromatic N) is 1. The van der Waals surface area contributed by atoms with E-state index in [9.17, 15) is 18.0 Å². The van der Waals surface area contributed by atoms with E-state index in [1.54, 1.807) is 47.4 Å². The number of halogens is 2. The van der Waals surface area contributed by atoms with Crippen molar-refractivity contribution in [2.75, 3.05) is 20.2 Å². The Morgan fingerprint density at radius 2 is 1.78 bits per heavy atom. The van der Waals surface area contributed by atoms with E-state index >= 15 is 0 Å². The van der Waals surface area contributed by atoms with Crippen molar-refractivity contribution in [2.45, 2.75) is 29.2 Å². The maximum absolute atomic E-state index is 13.5. The minimum atomic E-state index is -3.91. The second-order valence-electron chi connectivity index (χ2n) is 8.89. The standard InChI is InChI=1S/C27H26BrClN2O5S/c1-36-26(33)27(20-6-5-7-21(28)16-20)14-15-31(18-27)25(32)17-24(19-10-12-22(29)13-11-19)30-37(34,35)23-8-3-2-4-9-23/h2-13,16,24,30H,14-15,17-18H2,1H3. The van der Waals surface area contributed by atoms with Crippen LogP contribution < -0.4 is 4.72 Å². The number of carbonyl (C=O) groups excluding carboxylic acids is 2. The van der Waals surface area contributed by atoms with Gasteiger partial charge in [0.15, 0.2) is 0 Å². The first-order valence-electron chi connectivity index (χ1n) is 11.6. The Kier molecular flexibility index (Phi) is 8.38. The molecule has 1 N–H and O–H groups in total. The van der Waals surface area contributed by atoms with E-state index in [1.807, 2.05) is 24.3 Å². The van der Waals surface area contributed by atoms with Crippen LogP contribution in [-0.4, -0.2) is 45.4 Å². The van der Waals surface area contributed by atoms with E-state index in [0.717, 1.165) is 10.0 Å². The zero-order chi connectivity index (χ0) is 26.6. The van der Waals surface area contributed by atoms with Crippen LogP contribution in [0.2, 0.25) is 5.02 Å². The Balaban J connectivity index is 1.60. The lowest BCUT2D eigenvalue weighted by atomic mass is 9.79. The van der Waals surface area contributed by atoms with Crippen LogP contribution in [0.15, 0.2) is 88.2 Å². The van der Waals surface area contributed by atoms with E-state index in [4.69, 9.17) is 16.3 Å². The molecule has 2 unspecified atom stereocenters. The van der Waals surface area contributed by atoms with Crippen LogP contribution in [0.4, 0.5) is 0 Å². The number of hydrogen-bond acceptors (Lipinski definition) is 5. The predicted octanol–water partition coefficient (Wildman–Crippen LogP) is 4.86. The lowest BCUT2D eigenvalue weighted by Crippen LogP contribution is -2.42. The lowest BCUT2D eigenvalue weighted by molar-refractivity contribution is -0.147. The summed E-state index contributed by atoms with van der Waals surface area (Å²) in [6.07, 6.45) is 0.257. The zero-order valence-corrected chi connectivity index (χ0v) is 23.2. The van der Waals surface area contributed by atoms with Gasteiger partial charge in [0.25, 0.3) is 0 Å². The highest BCUT2D eigenvalue weighted by molar-refractivity contribution is 9.10. The number of rotatable bonds is 8. The summed E-state index contributed by atoms with van der Waals surface area (Å²) in [7, 11) is -2.57. The second-order valence-corrected chi connectivity index (χ2v) is 12.0. The Morgan fingerprint density at radius 3 is 2.43 bits per heavy atom. The Bertz CT molecular complexity index is 1390. The van der Waals surface area contributed by atoms with Gasteiger partial charge in [-0.15, -0.1) is 0 Å². The van der Waals surface area contributed by atoms with Crippen molar-refractivity contribution in [3.8, 4) is 0 Å². The van der Waals surface area contributed by atoms with Gasteiger partial charge < -0.3 is 9.64 Å². The molecule has 1 fully saturated rings. The van der Waals surface area contributed by atoms with Crippen molar-refractivity contribution in [3.63, 3.8) is 0 Å². The number of ether oxygens (including phenoxy) is 1. The fraction of sp³-hybridized carbons (Fsp3) is 0.259. The molecule has 0 aliphatic carbocycles. The summed E-state index contributed by atoms with van der Waals surface area (Å²) in [5, 5.41) is 0.496. The van der Waals surface area contributed by atoms with Crippen molar-refractivity contribution in [3.05, 3.63) is 99.5 Å². The van der Waals surface area contributed by atoms with E-state index in [2.05, 4.69) is 20.7 Å². The molecule has 7 nitrogen and oxygen atoms in total. The monoisotopic (exact) mass is 604 g/mol. The van der Waals surface area contributed by atoms with Gasteiger partial charge in [0.1, 0.15) is 5.41 Å². The van der Waals surface area contributed by atoms with Gasteiger partial charge in [-0.1, -0.05) is 70.0 Å². The van der Waals surface area contributed by atoms with Crippen LogP contribution in [-0.2, 0) is 29.8 Å². The van der Waals surface area contributed by atoms with Crippen LogP contribution in [0.1, 0.15) is 30.0 Å². The van der Waals surface area contributed by atoms with Gasteiger partial charge in [-0.25, -0.2) is 13.1 Å². The molecular weight excluding hydrogens is 580 g/mol. The van der Waals surface area contributed by atoms with Gasteiger partial charge in [-0.3, -0.25) is 9.59 Å². The molecule has 2 atom stereocenters. The highest BCUT2D eigenvalue weighted by Crippen LogP contribution is 2.38. The zero-order valence-electron chi connectivity index (χ0n) is 20.1. The van der Waals surface area contributed by atoms with E-state index < -0.39 is 27.4 Å². The summed E-state index contributed by atoms with van der Waals surface area (Å²) < 4.78 is 34.8. The molecule has 3 aromatic carbocycles. The fourth-order valence-electron chi connectivity index (χ4n) is 4.61. The van der Waals surface area contributed by atoms with Crippen LogP contribution in [0, 0.1) is 0 Å². The number of amides is 1. The topological polar surface area (TPSA) is 92.8 Å². The van der Waals surface area contributed by atoms with Gasteiger partial charge in [0.2, 0.25) is 15.9 Å². The Labute approximate surface area is 230 Å². The second kappa shape index (κ2) is 11.3. The highest BCUT2D eigenvalue weighted by atomic mass is 79.9. The molecule has 0 bridgehead atoms. The van der Waals surface area contributed by atoms with Crippen molar-refractivity contribution in [2.24, 2.45) is 0 Å². The van der Waals surface area contributed by atoms with Crippen LogP contribution in [0.25, 0.3) is 0 Å². The van der Waals surface area contributed by atoms with Gasteiger partial charge in [-0.2, -0.15) is 0 Å². The molecule has 1 amide bonds. The Morgan fingerprint density at radius 1 is 1.08 bits per heavy atom. The van der Waals surface area contributed by atoms with Crippen LogP contribution >= 0.6 is 27.5 Å². The smallest absolute Gasteiger partial charge is 0.318 e. The summed E-state index contributed by atoms with van der Waals surface area (Å²) >= 11 is 9.49. The molecule has 194 valence electrons. The normalized spacial score (nSPS) is 18.4. The van der Waals surface area contributed by atoms with Gasteiger partial charge in [0.05, 0.1) is 18.0 Å². The number of likely N-dealkylation sites (tertiary alicyclic amines) is 1. The van der Waals surface area contributed by atoms with Gasteiger partial charge in [-0.05, 0) is 53.9 Å². The number of nitrogens with one attached hydrogen (secondary N) is 1. The fourth-order valence-corrected chi connectivity index (χ4v) is 6.38. The molecule has 1 aliphatic rings. The third kappa shape index (κ3) is 6.06. The minimum Gasteiger partial charge on any atom is -0.468 e. The van der Waals surface area contributed by atoms with E-state index in [0.29, 0.717) is 23.6 Å². The molecule has 1 saturated heterocycles. The summed E-state index contributed by atoms with van der Waals surface area (Å²) in [6.45, 7) is 0.465. The molecule has 1 heterocycles. The maximum atomic E-state index is 13.5. The summed E-state index contributed by atoms with van der Waals surface area (Å²) in [6, 6.07) is 21.2. The van der Waals surface area contributed by atoms with Crippen molar-refractivity contribution < 1.29 is 22.7 Å². The first kappa shape index (κ1) is 27.3. The SMILES string of the molecule is COC(=O)C1(c2cccc(Br)c2)CCN(C(=O)CC(NS(=O)(=O)c2ccccc2)c2ccc(Cl)cc2)C1. The molecular formula is C27H26BrClN2O5S. The minimum absolute atomic E-state index is 0.0990. The molecule has 3 aromatic rings. The number of benzene rings is 3. The molecule has 0 aromatic heterocycles. The average Bonchev–Trinajstić information content (AvgIpc) is 3.36. The molecule has 10 heteroatoms. The summed E-state index contributed by atoms with van der Waals surface area (Å²) in [4.78, 5) is 28.2. The molecule has 0 saturated carbocycles. The van der Waals surface area contributed by atoms with Crippen molar-refractivity contribution in [1.29, 1.82) is 0 Å². The van der Waals surface area contributed by atoms with Crippen molar-refractivity contribution in [1.82, 2.24) is 9.62 Å². The highest BCUT2D eigenvalue weighted by Gasteiger charge is 2.48. The van der Waals surface area contributed by atoms with E-state index in [1.165, 1.54) is 19.2 Å². The average molecular weight is 606 g/mol. The first-order valence-corrected chi connectivity index (χ1v) is 14.3. The number of hydrogen-bond donors (Lipinski definition) is 1. The number of carbonyl (C=O) groups is 2. The van der Waals surface area contributed by atoms with E-state index in [-0.39, 0.29) is 23.8 Å². The summed E-state index contributed by atoms with van der Waals surface area (Å²) in [5.41, 5.74) is 0.346.